The van der Waals surface area contributed by atoms with Crippen LogP contribution in [0, 0.1) is 0 Å². The number of thiophene rings is 1. The van der Waals surface area contributed by atoms with E-state index in [0.29, 0.717) is 22.8 Å². The third kappa shape index (κ3) is 5.42. The van der Waals surface area contributed by atoms with Crippen molar-refractivity contribution in [2.75, 3.05) is 10.6 Å². The van der Waals surface area contributed by atoms with Crippen molar-refractivity contribution < 1.29 is 9.59 Å². The van der Waals surface area contributed by atoms with Crippen LogP contribution in [0.5, 0.6) is 0 Å². The molecule has 2 amide bonds. The lowest BCUT2D eigenvalue weighted by Crippen LogP contribution is -2.22. The van der Waals surface area contributed by atoms with Crippen LogP contribution >= 0.6 is 22.9 Å². The van der Waals surface area contributed by atoms with E-state index in [2.05, 4.69) is 10.6 Å². The van der Waals surface area contributed by atoms with Crippen molar-refractivity contribution >= 4 is 46.1 Å². The van der Waals surface area contributed by atoms with E-state index >= 15 is 0 Å². The number of rotatable bonds is 6. The number of amides is 2. The van der Waals surface area contributed by atoms with Gasteiger partial charge in [-0.2, -0.15) is 0 Å². The smallest absolute Gasteiger partial charge is 0.232 e. The van der Waals surface area contributed by atoms with E-state index in [0.717, 1.165) is 10.4 Å². The molecule has 1 aromatic heterocycles. The highest BCUT2D eigenvalue weighted by atomic mass is 35.5. The molecule has 1 atom stereocenters. The first-order valence-corrected chi connectivity index (χ1v) is 9.73. The SMILES string of the molecule is CC(=O)Nc1ccc(NC(=O)C(Cc2cccs2)c2ccc(Cl)cc2)cc1. The highest BCUT2D eigenvalue weighted by Crippen LogP contribution is 2.26. The van der Waals surface area contributed by atoms with Crippen LogP contribution in [0.2, 0.25) is 5.02 Å². The summed E-state index contributed by atoms with van der Waals surface area (Å²) in [5.41, 5.74) is 2.28. The van der Waals surface area contributed by atoms with Crippen LogP contribution in [0.3, 0.4) is 0 Å². The van der Waals surface area contributed by atoms with Gasteiger partial charge >= 0.3 is 0 Å². The molecule has 0 saturated heterocycles. The summed E-state index contributed by atoms with van der Waals surface area (Å²) in [6.45, 7) is 1.46. The first kappa shape index (κ1) is 19.1. The van der Waals surface area contributed by atoms with Gasteiger partial charge in [-0.25, -0.2) is 0 Å². The maximum absolute atomic E-state index is 13.0. The van der Waals surface area contributed by atoms with Crippen molar-refractivity contribution in [2.45, 2.75) is 19.3 Å². The Kier molecular flexibility index (Phi) is 6.27. The Bertz CT molecular complexity index is 906. The third-order valence-electron chi connectivity index (χ3n) is 4.05. The number of carbonyl (C=O) groups is 2. The van der Waals surface area contributed by atoms with Gasteiger partial charge in [-0.05, 0) is 59.8 Å². The van der Waals surface area contributed by atoms with Gasteiger partial charge in [0.15, 0.2) is 0 Å². The second kappa shape index (κ2) is 8.84. The lowest BCUT2D eigenvalue weighted by atomic mass is 9.94. The Hall–Kier alpha value is -2.63. The molecule has 0 spiro atoms. The predicted molar refractivity (Wildman–Crippen MR) is 112 cm³/mol. The van der Waals surface area contributed by atoms with Gasteiger partial charge in [0.2, 0.25) is 11.8 Å². The third-order valence-corrected chi connectivity index (χ3v) is 5.20. The Balaban J connectivity index is 1.77. The van der Waals surface area contributed by atoms with E-state index in [1.54, 1.807) is 47.7 Å². The molecular formula is C21H19ClN2O2S. The van der Waals surface area contributed by atoms with Crippen LogP contribution in [0.15, 0.2) is 66.0 Å². The second-order valence-electron chi connectivity index (χ2n) is 6.14. The van der Waals surface area contributed by atoms with Gasteiger partial charge in [0, 0.05) is 28.2 Å². The maximum Gasteiger partial charge on any atom is 0.232 e. The van der Waals surface area contributed by atoms with E-state index < -0.39 is 0 Å². The summed E-state index contributed by atoms with van der Waals surface area (Å²) < 4.78 is 0. The van der Waals surface area contributed by atoms with E-state index in [9.17, 15) is 9.59 Å². The molecule has 0 radical (unpaired) electrons. The lowest BCUT2D eigenvalue weighted by Gasteiger charge is -2.17. The average Bonchev–Trinajstić information content (AvgIpc) is 3.15. The normalized spacial score (nSPS) is 11.6. The number of hydrogen-bond acceptors (Lipinski definition) is 3. The van der Waals surface area contributed by atoms with Crippen LogP contribution in [-0.2, 0) is 16.0 Å². The second-order valence-corrected chi connectivity index (χ2v) is 7.60. The van der Waals surface area contributed by atoms with Crippen LogP contribution in [0.1, 0.15) is 23.3 Å². The van der Waals surface area contributed by atoms with Crippen LogP contribution in [0.4, 0.5) is 11.4 Å². The van der Waals surface area contributed by atoms with E-state index in [-0.39, 0.29) is 17.7 Å². The molecule has 2 N–H and O–H groups in total. The number of halogens is 1. The molecule has 3 aromatic rings. The van der Waals surface area contributed by atoms with Crippen molar-refractivity contribution in [1.29, 1.82) is 0 Å². The fraction of sp³-hybridized carbons (Fsp3) is 0.143. The molecule has 3 rings (SSSR count). The molecule has 1 heterocycles. The molecule has 1 unspecified atom stereocenters. The minimum absolute atomic E-state index is 0.0852. The zero-order valence-electron chi connectivity index (χ0n) is 14.7. The molecule has 0 aliphatic heterocycles. The lowest BCUT2D eigenvalue weighted by molar-refractivity contribution is -0.117. The molecular weight excluding hydrogens is 380 g/mol. The summed E-state index contributed by atoms with van der Waals surface area (Å²) in [5.74, 6) is -0.542. The van der Waals surface area contributed by atoms with Gasteiger partial charge < -0.3 is 10.6 Å². The Labute approximate surface area is 167 Å². The summed E-state index contributed by atoms with van der Waals surface area (Å²) in [6, 6.07) is 18.4. The Morgan fingerprint density at radius 1 is 0.963 bits per heavy atom. The quantitative estimate of drug-likeness (QED) is 0.590. The Morgan fingerprint density at radius 3 is 2.15 bits per heavy atom. The molecule has 0 saturated carbocycles. The molecule has 27 heavy (non-hydrogen) atoms. The summed E-state index contributed by atoms with van der Waals surface area (Å²) in [5, 5.41) is 8.32. The van der Waals surface area contributed by atoms with Crippen LogP contribution < -0.4 is 10.6 Å². The minimum Gasteiger partial charge on any atom is -0.326 e. The maximum atomic E-state index is 13.0. The van der Waals surface area contributed by atoms with E-state index in [4.69, 9.17) is 11.6 Å². The fourth-order valence-electron chi connectivity index (χ4n) is 2.76. The molecule has 0 aliphatic carbocycles. The zero-order valence-corrected chi connectivity index (χ0v) is 16.3. The number of anilines is 2. The van der Waals surface area contributed by atoms with Gasteiger partial charge in [0.05, 0.1) is 5.92 Å². The van der Waals surface area contributed by atoms with Crippen molar-refractivity contribution in [3.8, 4) is 0 Å². The average molecular weight is 399 g/mol. The standard InChI is InChI=1S/C21H19ClN2O2S/c1-14(25)23-17-8-10-18(11-9-17)24-21(26)20(13-19-3-2-12-27-19)15-4-6-16(22)7-5-15/h2-12,20H,13H2,1H3,(H,23,25)(H,24,26). The summed E-state index contributed by atoms with van der Waals surface area (Å²) in [7, 11) is 0. The number of carbonyl (C=O) groups excluding carboxylic acids is 2. The minimum atomic E-state index is -0.323. The topological polar surface area (TPSA) is 58.2 Å². The number of hydrogen-bond donors (Lipinski definition) is 2. The first-order chi connectivity index (χ1) is 13.0. The molecule has 0 fully saturated rings. The van der Waals surface area contributed by atoms with Crippen LogP contribution in [0.25, 0.3) is 0 Å². The number of benzene rings is 2. The highest BCUT2D eigenvalue weighted by molar-refractivity contribution is 7.09. The van der Waals surface area contributed by atoms with Gasteiger partial charge in [0.1, 0.15) is 0 Å². The highest BCUT2D eigenvalue weighted by Gasteiger charge is 2.22. The Morgan fingerprint density at radius 2 is 1.59 bits per heavy atom. The predicted octanol–water partition coefficient (Wildman–Crippen LogP) is 5.32. The van der Waals surface area contributed by atoms with Crippen molar-refractivity contribution in [2.24, 2.45) is 0 Å². The van der Waals surface area contributed by atoms with Crippen molar-refractivity contribution in [1.82, 2.24) is 0 Å². The first-order valence-electron chi connectivity index (χ1n) is 8.47. The molecule has 0 bridgehead atoms. The van der Waals surface area contributed by atoms with Gasteiger partial charge in [-0.3, -0.25) is 9.59 Å². The largest absolute Gasteiger partial charge is 0.326 e. The summed E-state index contributed by atoms with van der Waals surface area (Å²) >= 11 is 7.62. The molecule has 138 valence electrons. The summed E-state index contributed by atoms with van der Waals surface area (Å²) in [6.07, 6.45) is 0.620. The van der Waals surface area contributed by atoms with E-state index in [1.807, 2.05) is 29.6 Å². The molecule has 2 aromatic carbocycles. The molecule has 6 heteroatoms. The summed E-state index contributed by atoms with van der Waals surface area (Å²) in [4.78, 5) is 25.2. The van der Waals surface area contributed by atoms with Gasteiger partial charge in [-0.1, -0.05) is 29.8 Å². The number of nitrogens with one attached hydrogen (secondary N) is 2. The monoisotopic (exact) mass is 398 g/mol. The fourth-order valence-corrected chi connectivity index (χ4v) is 3.63. The molecule has 0 aliphatic rings. The zero-order chi connectivity index (χ0) is 19.2. The van der Waals surface area contributed by atoms with Crippen molar-refractivity contribution in [3.05, 3.63) is 81.5 Å². The van der Waals surface area contributed by atoms with Gasteiger partial charge in [0.25, 0.3) is 0 Å². The van der Waals surface area contributed by atoms with E-state index in [1.165, 1.54) is 6.92 Å². The molecule has 4 nitrogen and oxygen atoms in total. The van der Waals surface area contributed by atoms with Crippen LogP contribution in [-0.4, -0.2) is 11.8 Å². The van der Waals surface area contributed by atoms with Crippen molar-refractivity contribution in [3.63, 3.8) is 0 Å². The van der Waals surface area contributed by atoms with Gasteiger partial charge in [-0.15, -0.1) is 11.3 Å².